The third-order valence-electron chi connectivity index (χ3n) is 2.00. The van der Waals surface area contributed by atoms with Crippen LogP contribution in [-0.4, -0.2) is 0 Å². The van der Waals surface area contributed by atoms with Gasteiger partial charge < -0.3 is 10.2 Å². The van der Waals surface area contributed by atoms with Gasteiger partial charge in [0.1, 0.15) is 11.6 Å². The van der Waals surface area contributed by atoms with Crippen molar-refractivity contribution in [2.45, 2.75) is 10.6 Å². The van der Waals surface area contributed by atoms with E-state index in [2.05, 4.69) is 15.9 Å². The second-order valence-corrected chi connectivity index (χ2v) is 5.04. The van der Waals surface area contributed by atoms with Gasteiger partial charge in [-0.15, -0.1) is 11.8 Å². The molecular weight excluding hydrogens is 293 g/mol. The van der Waals surface area contributed by atoms with E-state index in [-0.39, 0.29) is 5.82 Å². The predicted molar refractivity (Wildman–Crippen MR) is 66.8 cm³/mol. The molecule has 0 fully saturated rings. The highest BCUT2D eigenvalue weighted by Crippen LogP contribution is 2.32. The smallest absolute Gasteiger partial charge is 0.139 e. The summed E-state index contributed by atoms with van der Waals surface area (Å²) in [6.45, 7) is 0. The van der Waals surface area contributed by atoms with E-state index in [0.29, 0.717) is 15.9 Å². The first kappa shape index (κ1) is 11.5. The van der Waals surface area contributed by atoms with Gasteiger partial charge in [-0.05, 0) is 40.2 Å². The van der Waals surface area contributed by atoms with Gasteiger partial charge in [-0.2, -0.15) is 0 Å². The molecule has 5 heteroatoms. The number of furan rings is 1. The SMILES string of the molecule is Nc1cc(F)c(Br)cc1SCc1ccco1. The lowest BCUT2D eigenvalue weighted by atomic mass is 10.3. The highest BCUT2D eigenvalue weighted by atomic mass is 79.9. The zero-order valence-corrected chi connectivity index (χ0v) is 10.6. The Balaban J connectivity index is 2.12. The predicted octanol–water partition coefficient (Wildman–Crippen LogP) is 4.06. The highest BCUT2D eigenvalue weighted by molar-refractivity contribution is 9.10. The second kappa shape index (κ2) is 4.93. The number of nitrogens with two attached hydrogens (primary N) is 1. The Morgan fingerprint density at radius 2 is 2.25 bits per heavy atom. The molecule has 0 aliphatic rings. The molecule has 0 saturated carbocycles. The van der Waals surface area contributed by atoms with Crippen molar-refractivity contribution < 1.29 is 8.81 Å². The number of nitrogen functional groups attached to an aromatic ring is 1. The van der Waals surface area contributed by atoms with Crippen LogP contribution in [0.25, 0.3) is 0 Å². The van der Waals surface area contributed by atoms with Gasteiger partial charge in [0.2, 0.25) is 0 Å². The first-order valence-electron chi connectivity index (χ1n) is 4.56. The first-order chi connectivity index (χ1) is 7.66. The average Bonchev–Trinajstić information content (AvgIpc) is 2.74. The lowest BCUT2D eigenvalue weighted by Gasteiger charge is -2.05. The van der Waals surface area contributed by atoms with Gasteiger partial charge >= 0.3 is 0 Å². The second-order valence-electron chi connectivity index (χ2n) is 3.17. The Bertz CT molecular complexity index is 487. The van der Waals surface area contributed by atoms with Crippen molar-refractivity contribution in [3.8, 4) is 0 Å². The van der Waals surface area contributed by atoms with Gasteiger partial charge in [-0.25, -0.2) is 4.39 Å². The molecule has 2 nitrogen and oxygen atoms in total. The van der Waals surface area contributed by atoms with E-state index in [4.69, 9.17) is 10.2 Å². The van der Waals surface area contributed by atoms with E-state index in [1.807, 2.05) is 12.1 Å². The molecule has 1 heterocycles. The number of hydrogen-bond donors (Lipinski definition) is 1. The van der Waals surface area contributed by atoms with Gasteiger partial charge in [-0.1, -0.05) is 0 Å². The van der Waals surface area contributed by atoms with Crippen molar-refractivity contribution in [3.63, 3.8) is 0 Å². The molecule has 0 aliphatic carbocycles. The number of rotatable bonds is 3. The third-order valence-corrected chi connectivity index (χ3v) is 3.70. The number of hydrogen-bond acceptors (Lipinski definition) is 3. The molecule has 2 N–H and O–H groups in total. The van der Waals surface area contributed by atoms with Crippen molar-refractivity contribution >= 4 is 33.4 Å². The van der Waals surface area contributed by atoms with E-state index in [1.54, 1.807) is 12.3 Å². The zero-order chi connectivity index (χ0) is 11.5. The van der Waals surface area contributed by atoms with Gasteiger partial charge in [0.05, 0.1) is 16.5 Å². The largest absolute Gasteiger partial charge is 0.468 e. The van der Waals surface area contributed by atoms with Crippen molar-refractivity contribution in [1.82, 2.24) is 0 Å². The summed E-state index contributed by atoms with van der Waals surface area (Å²) in [5.41, 5.74) is 6.16. The normalized spacial score (nSPS) is 10.6. The summed E-state index contributed by atoms with van der Waals surface area (Å²) in [6.07, 6.45) is 1.62. The Morgan fingerprint density at radius 1 is 1.44 bits per heavy atom. The molecule has 0 bridgehead atoms. The molecule has 16 heavy (non-hydrogen) atoms. The van der Waals surface area contributed by atoms with Crippen LogP contribution >= 0.6 is 27.7 Å². The fourth-order valence-electron chi connectivity index (χ4n) is 1.21. The van der Waals surface area contributed by atoms with E-state index >= 15 is 0 Å². The van der Waals surface area contributed by atoms with Crippen molar-refractivity contribution in [2.24, 2.45) is 0 Å². The van der Waals surface area contributed by atoms with Crippen LogP contribution < -0.4 is 5.73 Å². The summed E-state index contributed by atoms with van der Waals surface area (Å²) in [4.78, 5) is 0.838. The van der Waals surface area contributed by atoms with Crippen molar-refractivity contribution in [2.75, 3.05) is 5.73 Å². The lowest BCUT2D eigenvalue weighted by molar-refractivity contribution is 0.530. The first-order valence-corrected chi connectivity index (χ1v) is 6.34. The summed E-state index contributed by atoms with van der Waals surface area (Å²) in [5, 5.41) is 0. The molecule has 1 aromatic heterocycles. The summed E-state index contributed by atoms with van der Waals surface area (Å²) >= 11 is 4.64. The Labute approximate surface area is 105 Å². The summed E-state index contributed by atoms with van der Waals surface area (Å²) in [5.74, 6) is 1.19. The maximum Gasteiger partial charge on any atom is 0.139 e. The molecule has 2 rings (SSSR count). The minimum atomic E-state index is -0.347. The van der Waals surface area contributed by atoms with E-state index in [9.17, 15) is 4.39 Å². The standard InChI is InChI=1S/C11H9BrFNOS/c12-8-4-11(10(14)5-9(8)13)16-6-7-2-1-3-15-7/h1-5H,6,14H2. The molecule has 0 unspecified atom stereocenters. The summed E-state index contributed by atoms with van der Waals surface area (Å²) in [6, 6.07) is 6.72. The van der Waals surface area contributed by atoms with Gasteiger partial charge in [0.15, 0.2) is 0 Å². The molecule has 0 atom stereocenters. The van der Waals surface area contributed by atoms with Crippen LogP contribution in [0.3, 0.4) is 0 Å². The quantitative estimate of drug-likeness (QED) is 0.686. The van der Waals surface area contributed by atoms with Crippen LogP contribution in [0.5, 0.6) is 0 Å². The van der Waals surface area contributed by atoms with Crippen LogP contribution in [-0.2, 0) is 5.75 Å². The topological polar surface area (TPSA) is 39.2 Å². The minimum Gasteiger partial charge on any atom is -0.468 e. The maximum atomic E-state index is 13.1. The Kier molecular flexibility index (Phi) is 3.56. The maximum absolute atomic E-state index is 13.1. The van der Waals surface area contributed by atoms with Crippen molar-refractivity contribution in [1.29, 1.82) is 0 Å². The summed E-state index contributed by atoms with van der Waals surface area (Å²) in [7, 11) is 0. The van der Waals surface area contributed by atoms with Crippen LogP contribution in [0, 0.1) is 5.82 Å². The average molecular weight is 302 g/mol. The monoisotopic (exact) mass is 301 g/mol. The van der Waals surface area contributed by atoms with Crippen LogP contribution in [0.2, 0.25) is 0 Å². The number of thioether (sulfide) groups is 1. The number of benzene rings is 1. The molecule has 0 saturated heterocycles. The van der Waals surface area contributed by atoms with Gasteiger partial charge in [0, 0.05) is 10.6 Å². The lowest BCUT2D eigenvalue weighted by Crippen LogP contribution is -1.91. The minimum absolute atomic E-state index is 0.347. The Morgan fingerprint density at radius 3 is 2.94 bits per heavy atom. The fraction of sp³-hybridized carbons (Fsp3) is 0.0909. The number of halogens is 2. The molecule has 84 valence electrons. The van der Waals surface area contributed by atoms with E-state index in [0.717, 1.165) is 10.7 Å². The van der Waals surface area contributed by atoms with Gasteiger partial charge in [-0.3, -0.25) is 0 Å². The van der Waals surface area contributed by atoms with Crippen LogP contribution in [0.1, 0.15) is 5.76 Å². The Hall–Kier alpha value is -0.940. The molecule has 0 amide bonds. The molecular formula is C11H9BrFNOS. The van der Waals surface area contributed by atoms with E-state index in [1.165, 1.54) is 17.8 Å². The van der Waals surface area contributed by atoms with E-state index < -0.39 is 0 Å². The molecule has 0 radical (unpaired) electrons. The molecule has 0 spiro atoms. The van der Waals surface area contributed by atoms with Crippen LogP contribution in [0.4, 0.5) is 10.1 Å². The molecule has 2 aromatic rings. The van der Waals surface area contributed by atoms with Crippen LogP contribution in [0.15, 0.2) is 44.3 Å². The van der Waals surface area contributed by atoms with Gasteiger partial charge in [0.25, 0.3) is 0 Å². The van der Waals surface area contributed by atoms with Crippen molar-refractivity contribution in [3.05, 3.63) is 46.6 Å². The molecule has 1 aromatic carbocycles. The summed E-state index contributed by atoms with van der Waals surface area (Å²) < 4.78 is 18.7. The third kappa shape index (κ3) is 2.59. The highest BCUT2D eigenvalue weighted by Gasteiger charge is 2.07. The fourth-order valence-corrected chi connectivity index (χ4v) is 2.60. The molecule has 0 aliphatic heterocycles. The zero-order valence-electron chi connectivity index (χ0n) is 8.24. The number of anilines is 1.